The summed E-state index contributed by atoms with van der Waals surface area (Å²) in [6.07, 6.45) is 1.50. The van der Waals surface area contributed by atoms with Gasteiger partial charge in [-0.05, 0) is 31.5 Å². The lowest BCUT2D eigenvalue weighted by molar-refractivity contribution is 0.587. The Morgan fingerprint density at radius 1 is 1.00 bits per heavy atom. The fourth-order valence-corrected chi connectivity index (χ4v) is 4.51. The van der Waals surface area contributed by atoms with Crippen molar-refractivity contribution in [3.05, 3.63) is 70.0 Å². The highest BCUT2D eigenvalue weighted by Crippen LogP contribution is 2.31. The molecule has 3 aromatic rings. The normalized spacial score (nSPS) is 11.7. The molecule has 0 bridgehead atoms. The van der Waals surface area contributed by atoms with E-state index in [4.69, 9.17) is 23.2 Å². The lowest BCUT2D eigenvalue weighted by atomic mass is 10.2. The Balaban J connectivity index is 2.25. The fraction of sp³-hybridized carbons (Fsp3) is 0.118. The van der Waals surface area contributed by atoms with Crippen molar-refractivity contribution in [3.8, 4) is 11.4 Å². The molecule has 0 radical (unpaired) electrons. The average Bonchev–Trinajstić information content (AvgIpc) is 2.94. The lowest BCUT2D eigenvalue weighted by Gasteiger charge is -2.12. The van der Waals surface area contributed by atoms with Gasteiger partial charge < -0.3 is 0 Å². The van der Waals surface area contributed by atoms with Crippen molar-refractivity contribution in [3.63, 3.8) is 0 Å². The minimum atomic E-state index is -3.86. The maximum absolute atomic E-state index is 13.1. The third kappa shape index (κ3) is 2.95. The molecule has 0 amide bonds. The standard InChI is InChI=1S/C17H14Cl2N2O2S/c1-11-8-14(18)15(19)9-16(11)24(22,23)21-10-12(2)20-17(21)13-6-4-3-5-7-13/h3-10H,1-2H3. The zero-order valence-corrected chi connectivity index (χ0v) is 15.3. The molecule has 24 heavy (non-hydrogen) atoms. The molecule has 2 aromatic carbocycles. The molecule has 1 aromatic heterocycles. The van der Waals surface area contributed by atoms with Gasteiger partial charge in [0.25, 0.3) is 10.0 Å². The number of imidazole rings is 1. The van der Waals surface area contributed by atoms with E-state index in [1.165, 1.54) is 16.2 Å². The van der Waals surface area contributed by atoms with E-state index in [1.807, 2.05) is 30.3 Å². The van der Waals surface area contributed by atoms with Gasteiger partial charge in [0.1, 0.15) is 0 Å². The summed E-state index contributed by atoms with van der Waals surface area (Å²) < 4.78 is 27.5. The minimum absolute atomic E-state index is 0.103. The van der Waals surface area contributed by atoms with Crippen LogP contribution in [0.4, 0.5) is 0 Å². The number of halogens is 2. The van der Waals surface area contributed by atoms with E-state index in [1.54, 1.807) is 19.9 Å². The monoisotopic (exact) mass is 380 g/mol. The van der Waals surface area contributed by atoms with Crippen molar-refractivity contribution in [2.75, 3.05) is 0 Å². The van der Waals surface area contributed by atoms with Gasteiger partial charge in [-0.15, -0.1) is 0 Å². The summed E-state index contributed by atoms with van der Waals surface area (Å²) in [5, 5.41) is 0.511. The number of hydrogen-bond donors (Lipinski definition) is 0. The second-order valence-electron chi connectivity index (χ2n) is 5.40. The van der Waals surface area contributed by atoms with Crippen LogP contribution in [0, 0.1) is 13.8 Å². The van der Waals surface area contributed by atoms with Crippen LogP contribution < -0.4 is 0 Å². The third-order valence-corrected chi connectivity index (χ3v) is 6.10. The van der Waals surface area contributed by atoms with Gasteiger partial charge in [-0.1, -0.05) is 53.5 Å². The van der Waals surface area contributed by atoms with Crippen LogP contribution in [-0.2, 0) is 10.0 Å². The van der Waals surface area contributed by atoms with Gasteiger partial charge >= 0.3 is 0 Å². The first-order chi connectivity index (χ1) is 11.3. The van der Waals surface area contributed by atoms with Gasteiger partial charge in [-0.25, -0.2) is 17.4 Å². The Kier molecular flexibility index (Phi) is 4.42. The zero-order chi connectivity index (χ0) is 17.5. The largest absolute Gasteiger partial charge is 0.269 e. The van der Waals surface area contributed by atoms with Crippen molar-refractivity contribution >= 4 is 33.2 Å². The molecule has 0 aliphatic carbocycles. The number of aromatic nitrogens is 2. The first-order valence-corrected chi connectivity index (χ1v) is 9.33. The van der Waals surface area contributed by atoms with Crippen molar-refractivity contribution in [1.82, 2.24) is 8.96 Å². The minimum Gasteiger partial charge on any atom is -0.233 e. The van der Waals surface area contributed by atoms with Gasteiger partial charge in [-0.3, -0.25) is 0 Å². The van der Waals surface area contributed by atoms with E-state index in [0.717, 1.165) is 0 Å². The summed E-state index contributed by atoms with van der Waals surface area (Å²) in [6.45, 7) is 3.43. The van der Waals surface area contributed by atoms with Crippen LogP contribution in [0.5, 0.6) is 0 Å². The van der Waals surface area contributed by atoms with Gasteiger partial charge in [0, 0.05) is 11.8 Å². The van der Waals surface area contributed by atoms with Crippen LogP contribution >= 0.6 is 23.2 Å². The number of aryl methyl sites for hydroxylation is 2. The SMILES string of the molecule is Cc1cn(S(=O)(=O)c2cc(Cl)c(Cl)cc2C)c(-c2ccccc2)n1. The van der Waals surface area contributed by atoms with Gasteiger partial charge in [0.05, 0.1) is 20.6 Å². The van der Waals surface area contributed by atoms with E-state index < -0.39 is 10.0 Å². The van der Waals surface area contributed by atoms with Crippen LogP contribution in [0.3, 0.4) is 0 Å². The zero-order valence-electron chi connectivity index (χ0n) is 13.0. The van der Waals surface area contributed by atoms with Crippen molar-refractivity contribution in [2.24, 2.45) is 0 Å². The molecule has 0 spiro atoms. The summed E-state index contributed by atoms with van der Waals surface area (Å²) in [5.74, 6) is 0.360. The second-order valence-corrected chi connectivity index (χ2v) is 8.00. The quantitative estimate of drug-likeness (QED) is 0.660. The van der Waals surface area contributed by atoms with E-state index in [2.05, 4.69) is 4.98 Å². The van der Waals surface area contributed by atoms with Crippen LogP contribution in [0.1, 0.15) is 11.3 Å². The summed E-state index contributed by atoms with van der Waals surface area (Å²) >= 11 is 12.0. The summed E-state index contributed by atoms with van der Waals surface area (Å²) in [4.78, 5) is 4.47. The van der Waals surface area contributed by atoms with Crippen molar-refractivity contribution < 1.29 is 8.42 Å². The molecule has 0 N–H and O–H groups in total. The average molecular weight is 381 g/mol. The van der Waals surface area contributed by atoms with E-state index in [-0.39, 0.29) is 9.92 Å². The summed E-state index contributed by atoms with van der Waals surface area (Å²) in [7, 11) is -3.86. The van der Waals surface area contributed by atoms with Crippen LogP contribution in [-0.4, -0.2) is 17.4 Å². The van der Waals surface area contributed by atoms with E-state index in [0.29, 0.717) is 27.7 Å². The van der Waals surface area contributed by atoms with Crippen molar-refractivity contribution in [2.45, 2.75) is 18.7 Å². The lowest BCUT2D eigenvalue weighted by Crippen LogP contribution is -2.15. The highest BCUT2D eigenvalue weighted by Gasteiger charge is 2.25. The van der Waals surface area contributed by atoms with E-state index in [9.17, 15) is 8.42 Å². The van der Waals surface area contributed by atoms with E-state index >= 15 is 0 Å². The fourth-order valence-electron chi connectivity index (χ4n) is 2.45. The molecule has 0 aliphatic rings. The Morgan fingerprint density at radius 2 is 1.62 bits per heavy atom. The Bertz CT molecular complexity index is 1010. The Hall–Kier alpha value is -1.82. The van der Waals surface area contributed by atoms with Crippen LogP contribution in [0.15, 0.2) is 53.6 Å². The number of benzene rings is 2. The van der Waals surface area contributed by atoms with Gasteiger partial charge in [-0.2, -0.15) is 0 Å². The smallest absolute Gasteiger partial charge is 0.233 e. The molecule has 0 aliphatic heterocycles. The first kappa shape index (κ1) is 17.0. The first-order valence-electron chi connectivity index (χ1n) is 7.13. The van der Waals surface area contributed by atoms with Gasteiger partial charge in [0.15, 0.2) is 5.82 Å². The molecule has 0 saturated carbocycles. The molecule has 0 fully saturated rings. The second kappa shape index (κ2) is 6.24. The predicted molar refractivity (Wildman–Crippen MR) is 96.2 cm³/mol. The molecule has 0 unspecified atom stereocenters. The molecule has 3 rings (SSSR count). The molecule has 1 heterocycles. The summed E-state index contributed by atoms with van der Waals surface area (Å²) in [6, 6.07) is 12.1. The highest BCUT2D eigenvalue weighted by atomic mass is 35.5. The maximum atomic E-state index is 13.1. The summed E-state index contributed by atoms with van der Waals surface area (Å²) in [5.41, 5.74) is 1.84. The maximum Gasteiger partial charge on any atom is 0.269 e. The number of rotatable bonds is 3. The molecule has 4 nitrogen and oxygen atoms in total. The van der Waals surface area contributed by atoms with Crippen molar-refractivity contribution in [1.29, 1.82) is 0 Å². The Morgan fingerprint density at radius 3 is 2.29 bits per heavy atom. The Labute approximate surface area is 150 Å². The predicted octanol–water partition coefficient (Wildman–Crippen LogP) is 4.71. The molecule has 7 heteroatoms. The molecular formula is C17H14Cl2N2O2S. The van der Waals surface area contributed by atoms with Gasteiger partial charge in [0.2, 0.25) is 0 Å². The number of nitrogens with zero attached hydrogens (tertiary/aromatic N) is 2. The van der Waals surface area contributed by atoms with Crippen LogP contribution in [0.2, 0.25) is 10.0 Å². The molecule has 124 valence electrons. The molecular weight excluding hydrogens is 367 g/mol. The van der Waals surface area contributed by atoms with Crippen LogP contribution in [0.25, 0.3) is 11.4 Å². The third-order valence-electron chi connectivity index (χ3n) is 3.58. The topological polar surface area (TPSA) is 52.0 Å². The highest BCUT2D eigenvalue weighted by molar-refractivity contribution is 7.90. The number of hydrogen-bond acceptors (Lipinski definition) is 3. The molecule has 0 atom stereocenters. The molecule has 0 saturated heterocycles.